The highest BCUT2D eigenvalue weighted by Crippen LogP contribution is 2.64. The highest BCUT2D eigenvalue weighted by Gasteiger charge is 2.61. The maximum atomic E-state index is 13.9. The molecule has 0 saturated heterocycles. The van der Waals surface area contributed by atoms with E-state index in [4.69, 9.17) is 25.8 Å². The standard InChI is InChI=1S/C23H27ClN4O5/c1-31-17-5-15(19(29)33-3)16(6-18(17)32-2)26-20(30)22-7-13-4-14(8-22)10-23(9-13,11-22)28-12-25-21(24)27-28/h5-6,12-14H,4,7-11H2,1-3H3,(H,26,30)/t13-,14-,22?,23?/m0/s1. The van der Waals surface area contributed by atoms with E-state index in [-0.39, 0.29) is 22.3 Å². The fourth-order valence-electron chi connectivity index (χ4n) is 6.74. The van der Waals surface area contributed by atoms with Crippen molar-refractivity contribution in [2.45, 2.75) is 44.1 Å². The molecule has 0 aliphatic heterocycles. The predicted molar refractivity (Wildman–Crippen MR) is 120 cm³/mol. The summed E-state index contributed by atoms with van der Waals surface area (Å²) in [5, 5.41) is 7.67. The summed E-state index contributed by atoms with van der Waals surface area (Å²) >= 11 is 6.03. The Kier molecular flexibility index (Phi) is 5.27. The van der Waals surface area contributed by atoms with Crippen LogP contribution < -0.4 is 14.8 Å². The molecule has 0 unspecified atom stereocenters. The SMILES string of the molecule is COC(=O)c1cc(OC)c(OC)cc1NC(=O)C12C[C@@H]3C[C@@H](C1)CC(n1cnc(Cl)n1)(C3)C2. The van der Waals surface area contributed by atoms with Gasteiger partial charge in [0.25, 0.3) is 0 Å². The van der Waals surface area contributed by atoms with E-state index in [1.165, 1.54) is 27.4 Å². The monoisotopic (exact) mass is 474 g/mol. The molecule has 4 aliphatic carbocycles. The summed E-state index contributed by atoms with van der Waals surface area (Å²) in [6.07, 6.45) is 7.07. The van der Waals surface area contributed by atoms with Gasteiger partial charge in [0, 0.05) is 12.1 Å². The van der Waals surface area contributed by atoms with E-state index in [9.17, 15) is 9.59 Å². The molecular weight excluding hydrogens is 448 g/mol. The minimum Gasteiger partial charge on any atom is -0.493 e. The molecular formula is C23H27ClN4O5. The fourth-order valence-corrected chi connectivity index (χ4v) is 6.86. The summed E-state index contributed by atoms with van der Waals surface area (Å²) < 4.78 is 17.5. The molecule has 1 aromatic carbocycles. The van der Waals surface area contributed by atoms with E-state index >= 15 is 0 Å². The van der Waals surface area contributed by atoms with Crippen LogP contribution in [0.5, 0.6) is 11.5 Å². The van der Waals surface area contributed by atoms with Crippen molar-refractivity contribution in [3.63, 3.8) is 0 Å². The number of carbonyl (C=O) groups is 2. The average molecular weight is 475 g/mol. The van der Waals surface area contributed by atoms with E-state index in [0.29, 0.717) is 35.4 Å². The first-order valence-corrected chi connectivity index (χ1v) is 11.4. The third-order valence-electron chi connectivity index (χ3n) is 7.64. The number of nitrogens with zero attached hydrogens (tertiary/aromatic N) is 3. The number of hydrogen-bond acceptors (Lipinski definition) is 7. The number of aromatic nitrogens is 3. The average Bonchev–Trinajstić information content (AvgIpc) is 3.24. The largest absolute Gasteiger partial charge is 0.493 e. The second-order valence-electron chi connectivity index (χ2n) is 9.62. The number of rotatable bonds is 6. The van der Waals surface area contributed by atoms with Gasteiger partial charge in [-0.15, -0.1) is 5.10 Å². The molecule has 176 valence electrons. The van der Waals surface area contributed by atoms with Gasteiger partial charge in [0.2, 0.25) is 11.2 Å². The molecule has 0 radical (unpaired) electrons. The Labute approximate surface area is 196 Å². The number of anilines is 1. The van der Waals surface area contributed by atoms with Gasteiger partial charge >= 0.3 is 5.97 Å². The molecule has 1 heterocycles. The van der Waals surface area contributed by atoms with Gasteiger partial charge < -0.3 is 19.5 Å². The first-order chi connectivity index (χ1) is 15.8. The highest BCUT2D eigenvalue weighted by molar-refractivity contribution is 6.28. The van der Waals surface area contributed by atoms with Gasteiger partial charge in [-0.2, -0.15) is 0 Å². The van der Waals surface area contributed by atoms with Crippen molar-refractivity contribution in [2.75, 3.05) is 26.6 Å². The summed E-state index contributed by atoms with van der Waals surface area (Å²) in [6.45, 7) is 0. The second-order valence-corrected chi connectivity index (χ2v) is 9.96. The number of carbonyl (C=O) groups excluding carboxylic acids is 2. The zero-order valence-corrected chi connectivity index (χ0v) is 19.6. The fraction of sp³-hybridized carbons (Fsp3) is 0.565. The topological polar surface area (TPSA) is 105 Å². The lowest BCUT2D eigenvalue weighted by atomic mass is 9.46. The Morgan fingerprint density at radius 1 is 1.09 bits per heavy atom. The zero-order valence-electron chi connectivity index (χ0n) is 18.9. The van der Waals surface area contributed by atoms with Crippen molar-refractivity contribution in [1.82, 2.24) is 14.8 Å². The molecule has 4 fully saturated rings. The third-order valence-corrected chi connectivity index (χ3v) is 7.81. The molecule has 4 aliphatic rings. The quantitative estimate of drug-likeness (QED) is 0.637. The van der Waals surface area contributed by atoms with Gasteiger partial charge in [-0.1, -0.05) is 0 Å². The molecule has 4 bridgehead atoms. The van der Waals surface area contributed by atoms with Crippen LogP contribution in [-0.4, -0.2) is 48.0 Å². The van der Waals surface area contributed by atoms with E-state index < -0.39 is 11.4 Å². The van der Waals surface area contributed by atoms with Crippen LogP contribution in [0, 0.1) is 17.3 Å². The maximum absolute atomic E-state index is 13.9. The van der Waals surface area contributed by atoms with Gasteiger partial charge in [0.1, 0.15) is 6.33 Å². The number of esters is 1. The normalized spacial score (nSPS) is 29.6. The molecule has 1 N–H and O–H groups in total. The Hall–Kier alpha value is -2.81. The van der Waals surface area contributed by atoms with Crippen LogP contribution in [0.3, 0.4) is 0 Å². The molecule has 0 spiro atoms. The van der Waals surface area contributed by atoms with Crippen molar-refractivity contribution >= 4 is 29.2 Å². The van der Waals surface area contributed by atoms with Crippen molar-refractivity contribution in [3.8, 4) is 11.5 Å². The summed E-state index contributed by atoms with van der Waals surface area (Å²) in [5.41, 5.74) is -0.253. The number of halogens is 1. The molecule has 2 aromatic rings. The number of hydrogen-bond donors (Lipinski definition) is 1. The summed E-state index contributed by atoms with van der Waals surface area (Å²) in [5.74, 6) is 1.01. The highest BCUT2D eigenvalue weighted by atomic mass is 35.5. The van der Waals surface area contributed by atoms with Gasteiger partial charge in [-0.05, 0) is 62.0 Å². The number of nitrogens with one attached hydrogen (secondary N) is 1. The Morgan fingerprint density at radius 2 is 1.76 bits per heavy atom. The molecule has 6 rings (SSSR count). The van der Waals surface area contributed by atoms with E-state index in [2.05, 4.69) is 15.4 Å². The number of ether oxygens (including phenoxy) is 3. The minimum absolute atomic E-state index is 0.0930. The summed E-state index contributed by atoms with van der Waals surface area (Å²) in [7, 11) is 4.30. The van der Waals surface area contributed by atoms with Crippen LogP contribution in [-0.2, 0) is 15.1 Å². The number of methoxy groups -OCH3 is 3. The van der Waals surface area contributed by atoms with Gasteiger partial charge in [0.05, 0.1) is 43.5 Å². The Morgan fingerprint density at radius 3 is 2.33 bits per heavy atom. The molecule has 1 aromatic heterocycles. The smallest absolute Gasteiger partial charge is 0.340 e. The molecule has 33 heavy (non-hydrogen) atoms. The first kappa shape index (κ1) is 22.0. The molecule has 1 amide bonds. The Bertz CT molecular complexity index is 1100. The van der Waals surface area contributed by atoms with E-state index in [0.717, 1.165) is 32.1 Å². The van der Waals surface area contributed by atoms with Crippen LogP contribution >= 0.6 is 11.6 Å². The zero-order chi connectivity index (χ0) is 23.4. The predicted octanol–water partition coefficient (Wildman–Crippen LogP) is 3.67. The van der Waals surface area contributed by atoms with Crippen molar-refractivity contribution in [1.29, 1.82) is 0 Å². The minimum atomic E-state index is -0.564. The van der Waals surface area contributed by atoms with Gasteiger partial charge in [0.15, 0.2) is 11.5 Å². The van der Waals surface area contributed by atoms with Crippen molar-refractivity contribution in [3.05, 3.63) is 29.3 Å². The lowest BCUT2D eigenvalue weighted by Gasteiger charge is -2.60. The van der Waals surface area contributed by atoms with Crippen molar-refractivity contribution < 1.29 is 23.8 Å². The Balaban J connectivity index is 1.50. The lowest BCUT2D eigenvalue weighted by molar-refractivity contribution is -0.150. The summed E-state index contributed by atoms with van der Waals surface area (Å²) in [4.78, 5) is 30.4. The molecule has 9 nitrogen and oxygen atoms in total. The van der Waals surface area contributed by atoms with Crippen LogP contribution in [0.25, 0.3) is 0 Å². The summed E-state index contributed by atoms with van der Waals surface area (Å²) in [6, 6.07) is 3.13. The lowest BCUT2D eigenvalue weighted by Crippen LogP contribution is -2.60. The van der Waals surface area contributed by atoms with Crippen LogP contribution in [0.15, 0.2) is 18.5 Å². The van der Waals surface area contributed by atoms with Crippen LogP contribution in [0.2, 0.25) is 5.28 Å². The van der Waals surface area contributed by atoms with E-state index in [1.54, 1.807) is 12.4 Å². The number of amides is 1. The maximum Gasteiger partial charge on any atom is 0.340 e. The van der Waals surface area contributed by atoms with Gasteiger partial charge in [-0.3, -0.25) is 4.79 Å². The van der Waals surface area contributed by atoms with E-state index in [1.807, 2.05) is 4.68 Å². The first-order valence-electron chi connectivity index (χ1n) is 11.0. The third kappa shape index (κ3) is 3.53. The molecule has 4 saturated carbocycles. The van der Waals surface area contributed by atoms with Crippen LogP contribution in [0.4, 0.5) is 5.69 Å². The van der Waals surface area contributed by atoms with Gasteiger partial charge in [-0.25, -0.2) is 14.5 Å². The van der Waals surface area contributed by atoms with Crippen molar-refractivity contribution in [2.24, 2.45) is 17.3 Å². The van der Waals surface area contributed by atoms with Crippen LogP contribution in [0.1, 0.15) is 48.9 Å². The molecule has 2 atom stereocenters. The molecule has 10 heteroatoms. The number of benzene rings is 1. The second kappa shape index (κ2) is 7.90.